The minimum Gasteiger partial charge on any atom is -0.378 e. The molecule has 2 atom stereocenters. The zero-order chi connectivity index (χ0) is 18.5. The fourth-order valence-corrected chi connectivity index (χ4v) is 3.34. The number of amides is 1. The van der Waals surface area contributed by atoms with Gasteiger partial charge in [0.1, 0.15) is 6.54 Å². The third kappa shape index (κ3) is 4.64. The Kier molecular flexibility index (Phi) is 5.94. The van der Waals surface area contributed by atoms with Gasteiger partial charge in [-0.3, -0.25) is 4.79 Å². The molecule has 1 amide bonds. The Morgan fingerprint density at radius 2 is 1.77 bits per heavy atom. The zero-order valence-electron chi connectivity index (χ0n) is 16.0. The number of anilines is 1. The van der Waals surface area contributed by atoms with Crippen molar-refractivity contribution in [3.05, 3.63) is 65.7 Å². The van der Waals surface area contributed by atoms with Crippen molar-refractivity contribution in [2.24, 2.45) is 0 Å². The summed E-state index contributed by atoms with van der Waals surface area (Å²) in [6, 6.07) is 19.0. The molecule has 4 heteroatoms. The summed E-state index contributed by atoms with van der Waals surface area (Å²) < 4.78 is 0. The number of hydrogen-bond acceptors (Lipinski definition) is 2. The first-order chi connectivity index (χ1) is 12.6. The fourth-order valence-electron chi connectivity index (χ4n) is 3.34. The lowest BCUT2D eigenvalue weighted by atomic mass is 10.0. The first kappa shape index (κ1) is 18.5. The number of nitrogens with one attached hydrogen (secondary N) is 2. The van der Waals surface area contributed by atoms with E-state index in [0.717, 1.165) is 31.5 Å². The van der Waals surface area contributed by atoms with E-state index in [-0.39, 0.29) is 11.9 Å². The zero-order valence-corrected chi connectivity index (χ0v) is 16.0. The minimum absolute atomic E-state index is 0.153. The molecule has 26 heavy (non-hydrogen) atoms. The predicted octanol–water partition coefficient (Wildman–Crippen LogP) is 2.18. The average Bonchev–Trinajstić information content (AvgIpc) is 3.46. The molecule has 1 aliphatic rings. The Morgan fingerprint density at radius 3 is 2.31 bits per heavy atom. The van der Waals surface area contributed by atoms with E-state index in [9.17, 15) is 4.79 Å². The van der Waals surface area contributed by atoms with Crippen molar-refractivity contribution in [3.63, 3.8) is 0 Å². The van der Waals surface area contributed by atoms with Crippen LogP contribution in [-0.2, 0) is 11.3 Å². The van der Waals surface area contributed by atoms with E-state index in [0.29, 0.717) is 6.04 Å². The van der Waals surface area contributed by atoms with Gasteiger partial charge in [-0.1, -0.05) is 42.5 Å². The molecule has 2 aromatic rings. The molecule has 2 N–H and O–H groups in total. The van der Waals surface area contributed by atoms with E-state index < -0.39 is 0 Å². The molecular formula is C22H30N3O+. The third-order valence-electron chi connectivity index (χ3n) is 5.07. The van der Waals surface area contributed by atoms with Crippen LogP contribution in [0.15, 0.2) is 54.6 Å². The van der Waals surface area contributed by atoms with Gasteiger partial charge in [-0.25, -0.2) is 0 Å². The van der Waals surface area contributed by atoms with Crippen LogP contribution < -0.4 is 15.1 Å². The summed E-state index contributed by atoms with van der Waals surface area (Å²) in [5.74, 6) is 0.153. The molecule has 0 aliphatic heterocycles. The Bertz CT molecular complexity index is 708. The first-order valence-corrected chi connectivity index (χ1v) is 9.54. The monoisotopic (exact) mass is 352 g/mol. The summed E-state index contributed by atoms with van der Waals surface area (Å²) in [4.78, 5) is 16.4. The van der Waals surface area contributed by atoms with E-state index in [1.807, 2.05) is 32.3 Å². The highest BCUT2D eigenvalue weighted by atomic mass is 16.2. The molecule has 4 nitrogen and oxygen atoms in total. The van der Waals surface area contributed by atoms with Crippen LogP contribution in [0, 0.1) is 0 Å². The van der Waals surface area contributed by atoms with Crippen LogP contribution in [0.3, 0.4) is 0 Å². The van der Waals surface area contributed by atoms with Gasteiger partial charge in [0.15, 0.2) is 6.04 Å². The smallest absolute Gasteiger partial charge is 0.283 e. The second-order valence-electron chi connectivity index (χ2n) is 7.38. The summed E-state index contributed by atoms with van der Waals surface area (Å²) in [6.45, 7) is 3.89. The molecule has 1 saturated carbocycles. The Hall–Kier alpha value is -2.33. The topological polar surface area (TPSA) is 36.8 Å². The molecule has 0 heterocycles. The van der Waals surface area contributed by atoms with Crippen LogP contribution >= 0.6 is 0 Å². The molecule has 1 aliphatic carbocycles. The van der Waals surface area contributed by atoms with Crippen LogP contribution in [-0.4, -0.2) is 32.6 Å². The summed E-state index contributed by atoms with van der Waals surface area (Å²) >= 11 is 0. The van der Waals surface area contributed by atoms with Gasteiger partial charge in [-0.15, -0.1) is 0 Å². The van der Waals surface area contributed by atoms with Gasteiger partial charge in [-0.2, -0.15) is 0 Å². The maximum absolute atomic E-state index is 13.0. The Morgan fingerprint density at radius 1 is 1.12 bits per heavy atom. The van der Waals surface area contributed by atoms with Crippen LogP contribution in [0.5, 0.6) is 0 Å². The quantitative estimate of drug-likeness (QED) is 0.764. The van der Waals surface area contributed by atoms with Gasteiger partial charge in [0, 0.05) is 37.0 Å². The van der Waals surface area contributed by atoms with E-state index in [1.54, 1.807) is 0 Å². The molecule has 0 spiro atoms. The number of rotatable bonds is 8. The number of nitrogens with zero attached hydrogens (tertiary/aromatic N) is 1. The highest BCUT2D eigenvalue weighted by Crippen LogP contribution is 2.20. The molecular weight excluding hydrogens is 322 g/mol. The van der Waals surface area contributed by atoms with Crippen molar-refractivity contribution in [1.82, 2.24) is 5.32 Å². The van der Waals surface area contributed by atoms with Crippen molar-refractivity contribution in [3.8, 4) is 0 Å². The molecule has 3 rings (SSSR count). The van der Waals surface area contributed by atoms with Gasteiger partial charge in [-0.05, 0) is 31.9 Å². The normalized spacial score (nSPS) is 16.0. The first-order valence-electron chi connectivity index (χ1n) is 9.54. The molecule has 0 saturated heterocycles. The molecule has 0 bridgehead atoms. The van der Waals surface area contributed by atoms with Crippen LogP contribution in [0.25, 0.3) is 0 Å². The third-order valence-corrected chi connectivity index (χ3v) is 5.07. The highest BCUT2D eigenvalue weighted by Gasteiger charge is 2.34. The van der Waals surface area contributed by atoms with E-state index in [4.69, 9.17) is 0 Å². The molecule has 1 unspecified atom stereocenters. The second-order valence-corrected chi connectivity index (χ2v) is 7.38. The molecule has 1 fully saturated rings. The summed E-state index contributed by atoms with van der Waals surface area (Å²) in [6.07, 6.45) is 2.22. The fraction of sp³-hybridized carbons (Fsp3) is 0.409. The molecule has 0 aromatic heterocycles. The second kappa shape index (κ2) is 8.37. The summed E-state index contributed by atoms with van der Waals surface area (Å²) in [5.41, 5.74) is 3.54. The number of carbonyl (C=O) groups is 1. The predicted molar refractivity (Wildman–Crippen MR) is 106 cm³/mol. The lowest BCUT2D eigenvalue weighted by Crippen LogP contribution is -3.12. The minimum atomic E-state index is -0.171. The van der Waals surface area contributed by atoms with Crippen LogP contribution in [0.4, 0.5) is 5.69 Å². The van der Waals surface area contributed by atoms with E-state index in [2.05, 4.69) is 53.5 Å². The number of hydrogen-bond donors (Lipinski definition) is 2. The number of benzene rings is 2. The summed E-state index contributed by atoms with van der Waals surface area (Å²) in [5, 5.41) is 3.21. The van der Waals surface area contributed by atoms with Crippen molar-refractivity contribution in [2.75, 3.05) is 25.5 Å². The number of carbonyl (C=O) groups excluding carboxylic acids is 1. The standard InChI is InChI=1S/C22H29N3O/c1-4-25(16-17-10-14-20(15-11-17)24(2)3)21(18-8-6-5-7-9-18)22(26)23-19-12-13-19/h5-11,14-15,19,21H,4,12-13,16H2,1-3H3,(H,23,26)/p+1/t21-/m0/s1. The van der Waals surface area contributed by atoms with Crippen molar-refractivity contribution in [1.29, 1.82) is 0 Å². The Labute approximate surface area is 156 Å². The number of likely N-dealkylation sites (N-methyl/N-ethyl adjacent to an activating group) is 1. The molecule has 2 aromatic carbocycles. The maximum atomic E-state index is 13.0. The van der Waals surface area contributed by atoms with Crippen molar-refractivity contribution < 1.29 is 9.69 Å². The maximum Gasteiger partial charge on any atom is 0.283 e. The van der Waals surface area contributed by atoms with E-state index in [1.165, 1.54) is 16.2 Å². The van der Waals surface area contributed by atoms with E-state index >= 15 is 0 Å². The van der Waals surface area contributed by atoms with Crippen LogP contribution in [0.1, 0.15) is 36.9 Å². The largest absolute Gasteiger partial charge is 0.378 e. The molecule has 138 valence electrons. The van der Waals surface area contributed by atoms with Gasteiger partial charge in [0.25, 0.3) is 5.91 Å². The Balaban J connectivity index is 1.81. The van der Waals surface area contributed by atoms with Gasteiger partial charge < -0.3 is 15.1 Å². The van der Waals surface area contributed by atoms with Gasteiger partial charge in [0.05, 0.1) is 6.54 Å². The number of quaternary nitrogens is 1. The van der Waals surface area contributed by atoms with Crippen molar-refractivity contribution >= 4 is 11.6 Å². The van der Waals surface area contributed by atoms with Crippen LogP contribution in [0.2, 0.25) is 0 Å². The summed E-state index contributed by atoms with van der Waals surface area (Å²) in [7, 11) is 4.10. The average molecular weight is 353 g/mol. The molecule has 0 radical (unpaired) electrons. The van der Waals surface area contributed by atoms with Crippen molar-refractivity contribution in [2.45, 2.75) is 38.4 Å². The van der Waals surface area contributed by atoms with Gasteiger partial charge in [0.2, 0.25) is 0 Å². The SMILES string of the molecule is CC[NH+](Cc1ccc(N(C)C)cc1)[C@H](C(=O)NC1CC1)c1ccccc1. The van der Waals surface area contributed by atoms with Gasteiger partial charge >= 0.3 is 0 Å². The lowest BCUT2D eigenvalue weighted by molar-refractivity contribution is -0.934. The highest BCUT2D eigenvalue weighted by molar-refractivity contribution is 5.82. The lowest BCUT2D eigenvalue weighted by Gasteiger charge is -2.27.